The molecule has 0 aliphatic heterocycles. The van der Waals surface area contributed by atoms with Crippen LogP contribution in [0.1, 0.15) is 6.42 Å². The van der Waals surface area contributed by atoms with Gasteiger partial charge in [-0.25, -0.2) is 11.4 Å². The fourth-order valence-corrected chi connectivity index (χ4v) is 0.235. The van der Waals surface area contributed by atoms with E-state index in [-0.39, 0.29) is 0 Å². The fraction of sp³-hybridized carbons (Fsp3) is 1.00. The van der Waals surface area contributed by atoms with Crippen LogP contribution in [0.25, 0.3) is 0 Å². The molecule has 0 saturated heterocycles. The quantitative estimate of drug-likeness (QED) is 0.325. The van der Waals surface area contributed by atoms with Gasteiger partial charge in [0, 0.05) is 6.54 Å². The van der Waals surface area contributed by atoms with Crippen molar-refractivity contribution >= 4 is 0 Å². The predicted octanol–water partition coefficient (Wildman–Crippen LogP) is -0.754. The number of hydrogen-bond donors (Lipinski definition) is 3. The van der Waals surface area contributed by atoms with Crippen LogP contribution in [-0.4, -0.2) is 18.4 Å². The third-order valence-corrected chi connectivity index (χ3v) is 0.551. The largest absolute Gasteiger partial charge is 0.317 e. The Morgan fingerprint density at radius 3 is 2.86 bits per heavy atom. The van der Waals surface area contributed by atoms with Crippen LogP contribution < -0.4 is 11.4 Å². The Hall–Kier alpha value is -0.160. The molecule has 0 amide bonds. The van der Waals surface area contributed by atoms with E-state index in [2.05, 4.69) is 10.7 Å². The first kappa shape index (κ1) is 6.84. The molecule has 0 unspecified atom stereocenters. The summed E-state index contributed by atoms with van der Waals surface area (Å²) in [6.45, 7) is 1.00. The molecular weight excluding hydrogens is 96.0 g/mol. The molecule has 0 aromatic heterocycles. The third kappa shape index (κ3) is 5.84. The van der Waals surface area contributed by atoms with Gasteiger partial charge in [-0.1, -0.05) is 0 Å². The van der Waals surface area contributed by atoms with E-state index in [1.165, 1.54) is 0 Å². The summed E-state index contributed by atoms with van der Waals surface area (Å²) in [5.41, 5.74) is 1.97. The molecule has 0 aromatic rings. The fourth-order valence-electron chi connectivity index (χ4n) is 0.235. The SMILES string of the molecule is NOCCCNO. The molecular formula is C3H10N2O2. The normalized spacial score (nSPS) is 9.43. The van der Waals surface area contributed by atoms with E-state index in [9.17, 15) is 0 Å². The number of hydroxylamine groups is 1. The first-order chi connectivity index (χ1) is 3.41. The summed E-state index contributed by atoms with van der Waals surface area (Å²) in [5.74, 6) is 4.66. The molecule has 0 bridgehead atoms. The van der Waals surface area contributed by atoms with Crippen molar-refractivity contribution in [3.63, 3.8) is 0 Å². The average molecular weight is 106 g/mol. The van der Waals surface area contributed by atoms with Gasteiger partial charge in [0.05, 0.1) is 6.61 Å². The summed E-state index contributed by atoms with van der Waals surface area (Å²) in [5, 5.41) is 7.95. The van der Waals surface area contributed by atoms with Crippen molar-refractivity contribution in [3.05, 3.63) is 0 Å². The predicted molar refractivity (Wildman–Crippen MR) is 24.5 cm³/mol. The second kappa shape index (κ2) is 5.84. The van der Waals surface area contributed by atoms with E-state index in [1.807, 2.05) is 5.48 Å². The van der Waals surface area contributed by atoms with Gasteiger partial charge in [0.1, 0.15) is 0 Å². The standard InChI is InChI=1S/C3H10N2O2/c4-7-3-1-2-5-6/h5-6H,1-4H2. The molecule has 0 saturated carbocycles. The van der Waals surface area contributed by atoms with Crippen LogP contribution in [0.4, 0.5) is 0 Å². The van der Waals surface area contributed by atoms with Crippen molar-refractivity contribution in [3.8, 4) is 0 Å². The molecule has 0 rings (SSSR count). The zero-order valence-corrected chi connectivity index (χ0v) is 4.05. The van der Waals surface area contributed by atoms with Gasteiger partial charge in [0.2, 0.25) is 0 Å². The van der Waals surface area contributed by atoms with Crippen LogP contribution in [0.15, 0.2) is 0 Å². The summed E-state index contributed by atoms with van der Waals surface area (Å²) in [6.07, 6.45) is 0.729. The molecule has 44 valence electrons. The zero-order chi connectivity index (χ0) is 5.54. The lowest BCUT2D eigenvalue weighted by Gasteiger charge is -1.93. The Bertz CT molecular complexity index is 30.1. The van der Waals surface area contributed by atoms with Crippen molar-refractivity contribution < 1.29 is 10.0 Å². The smallest absolute Gasteiger partial charge is 0.0692 e. The van der Waals surface area contributed by atoms with Crippen molar-refractivity contribution in [1.82, 2.24) is 5.48 Å². The van der Waals surface area contributed by atoms with Crippen LogP contribution in [0.2, 0.25) is 0 Å². The van der Waals surface area contributed by atoms with E-state index in [0.717, 1.165) is 6.42 Å². The number of hydrogen-bond acceptors (Lipinski definition) is 4. The van der Waals surface area contributed by atoms with E-state index < -0.39 is 0 Å². The Labute approximate surface area is 42.2 Å². The van der Waals surface area contributed by atoms with Gasteiger partial charge in [0.15, 0.2) is 0 Å². The topological polar surface area (TPSA) is 67.5 Å². The summed E-state index contributed by atoms with van der Waals surface area (Å²) in [6, 6.07) is 0. The van der Waals surface area contributed by atoms with Gasteiger partial charge in [-0.05, 0) is 6.42 Å². The molecule has 0 heterocycles. The lowest BCUT2D eigenvalue weighted by molar-refractivity contribution is 0.113. The van der Waals surface area contributed by atoms with E-state index in [4.69, 9.17) is 5.21 Å². The molecule has 0 spiro atoms. The first-order valence-electron chi connectivity index (χ1n) is 2.10. The van der Waals surface area contributed by atoms with Crippen LogP contribution in [0.5, 0.6) is 0 Å². The molecule has 7 heavy (non-hydrogen) atoms. The maximum atomic E-state index is 7.95. The minimum atomic E-state index is 0.480. The zero-order valence-electron chi connectivity index (χ0n) is 4.05. The second-order valence-corrected chi connectivity index (χ2v) is 1.13. The van der Waals surface area contributed by atoms with Crippen LogP contribution in [-0.2, 0) is 4.84 Å². The highest BCUT2D eigenvalue weighted by atomic mass is 16.6. The third-order valence-electron chi connectivity index (χ3n) is 0.551. The summed E-state index contributed by atoms with van der Waals surface area (Å²) in [7, 11) is 0. The Morgan fingerprint density at radius 2 is 2.43 bits per heavy atom. The molecule has 0 radical (unpaired) electrons. The lowest BCUT2D eigenvalue weighted by Crippen LogP contribution is -2.12. The minimum Gasteiger partial charge on any atom is -0.317 e. The molecule has 4 heteroatoms. The number of nitrogens with two attached hydrogens (primary N) is 1. The van der Waals surface area contributed by atoms with Gasteiger partial charge < -0.3 is 10.0 Å². The van der Waals surface area contributed by atoms with E-state index in [1.54, 1.807) is 0 Å². The molecule has 0 aliphatic rings. The van der Waals surface area contributed by atoms with E-state index >= 15 is 0 Å². The molecule has 0 atom stereocenters. The summed E-state index contributed by atoms with van der Waals surface area (Å²) < 4.78 is 0. The molecule has 0 aromatic carbocycles. The first-order valence-corrected chi connectivity index (χ1v) is 2.10. The van der Waals surface area contributed by atoms with Crippen molar-refractivity contribution in [2.75, 3.05) is 13.2 Å². The number of nitrogens with one attached hydrogen (secondary N) is 1. The van der Waals surface area contributed by atoms with Gasteiger partial charge in [0.25, 0.3) is 0 Å². The van der Waals surface area contributed by atoms with Gasteiger partial charge in [-0.2, -0.15) is 0 Å². The minimum absolute atomic E-state index is 0.480. The van der Waals surface area contributed by atoms with Gasteiger partial charge >= 0.3 is 0 Å². The van der Waals surface area contributed by atoms with Gasteiger partial charge in [-0.3, -0.25) is 0 Å². The lowest BCUT2D eigenvalue weighted by atomic mass is 10.5. The maximum Gasteiger partial charge on any atom is 0.0692 e. The Balaban J connectivity index is 2.45. The highest BCUT2D eigenvalue weighted by Crippen LogP contribution is 1.71. The van der Waals surface area contributed by atoms with Crippen molar-refractivity contribution in [1.29, 1.82) is 0 Å². The molecule has 0 fully saturated rings. The van der Waals surface area contributed by atoms with Crippen molar-refractivity contribution in [2.45, 2.75) is 6.42 Å². The van der Waals surface area contributed by atoms with E-state index in [0.29, 0.717) is 13.2 Å². The van der Waals surface area contributed by atoms with Crippen molar-refractivity contribution in [2.24, 2.45) is 5.90 Å². The molecule has 4 N–H and O–H groups in total. The monoisotopic (exact) mass is 106 g/mol. The average Bonchev–Trinajstić information content (AvgIpc) is 1.69. The second-order valence-electron chi connectivity index (χ2n) is 1.13. The molecule has 0 aliphatic carbocycles. The van der Waals surface area contributed by atoms with Crippen LogP contribution in [0.3, 0.4) is 0 Å². The van der Waals surface area contributed by atoms with Crippen LogP contribution in [0, 0.1) is 0 Å². The highest BCUT2D eigenvalue weighted by molar-refractivity contribution is 4.32. The Morgan fingerprint density at radius 1 is 1.71 bits per heavy atom. The molecule has 4 nitrogen and oxygen atoms in total. The maximum absolute atomic E-state index is 7.95. The number of rotatable bonds is 4. The van der Waals surface area contributed by atoms with Gasteiger partial charge in [-0.15, -0.1) is 0 Å². The summed E-state index contributed by atoms with van der Waals surface area (Å²) >= 11 is 0. The van der Waals surface area contributed by atoms with Crippen LogP contribution >= 0.6 is 0 Å². The Kier molecular flexibility index (Phi) is 5.71. The highest BCUT2D eigenvalue weighted by Gasteiger charge is 1.80. The summed E-state index contributed by atoms with van der Waals surface area (Å²) in [4.78, 5) is 4.19.